The molecule has 17 heavy (non-hydrogen) atoms. The summed E-state index contributed by atoms with van der Waals surface area (Å²) < 4.78 is 5.61. The molecule has 0 bridgehead atoms. The summed E-state index contributed by atoms with van der Waals surface area (Å²) in [5.74, 6) is 0.596. The smallest absolute Gasteiger partial charge is 0.423 e. The SMILES string of the molecule is CCCC(C)COCc1ccc(B(O)O)cc1. The summed E-state index contributed by atoms with van der Waals surface area (Å²) in [5.41, 5.74) is 1.56. The van der Waals surface area contributed by atoms with Gasteiger partial charge in [-0.2, -0.15) is 0 Å². The van der Waals surface area contributed by atoms with Gasteiger partial charge in [0.1, 0.15) is 0 Å². The molecule has 0 aliphatic carbocycles. The Morgan fingerprint density at radius 3 is 2.41 bits per heavy atom. The lowest BCUT2D eigenvalue weighted by Gasteiger charge is -2.11. The van der Waals surface area contributed by atoms with Crippen LogP contribution in [0.1, 0.15) is 32.3 Å². The zero-order valence-electron chi connectivity index (χ0n) is 10.6. The van der Waals surface area contributed by atoms with Crippen LogP contribution in [-0.4, -0.2) is 23.8 Å². The fourth-order valence-electron chi connectivity index (χ4n) is 1.74. The summed E-state index contributed by atoms with van der Waals surface area (Å²) in [7, 11) is -1.39. The van der Waals surface area contributed by atoms with Crippen molar-refractivity contribution in [2.45, 2.75) is 33.3 Å². The van der Waals surface area contributed by atoms with Crippen LogP contribution in [0.2, 0.25) is 0 Å². The molecular weight excluding hydrogens is 215 g/mol. The van der Waals surface area contributed by atoms with Gasteiger partial charge in [0, 0.05) is 6.61 Å². The van der Waals surface area contributed by atoms with Crippen molar-refractivity contribution in [1.29, 1.82) is 0 Å². The molecule has 0 saturated carbocycles. The van der Waals surface area contributed by atoms with E-state index in [4.69, 9.17) is 14.8 Å². The van der Waals surface area contributed by atoms with Crippen molar-refractivity contribution in [3.8, 4) is 0 Å². The molecule has 0 fully saturated rings. The van der Waals surface area contributed by atoms with Crippen LogP contribution in [0, 0.1) is 5.92 Å². The Morgan fingerprint density at radius 2 is 1.88 bits per heavy atom. The van der Waals surface area contributed by atoms with Crippen LogP contribution in [0.15, 0.2) is 24.3 Å². The molecule has 2 N–H and O–H groups in total. The highest BCUT2D eigenvalue weighted by molar-refractivity contribution is 6.58. The molecule has 1 aromatic carbocycles. The molecule has 0 heterocycles. The van der Waals surface area contributed by atoms with E-state index in [0.29, 0.717) is 18.0 Å². The monoisotopic (exact) mass is 236 g/mol. The Morgan fingerprint density at radius 1 is 1.24 bits per heavy atom. The third-order valence-electron chi connectivity index (χ3n) is 2.73. The summed E-state index contributed by atoms with van der Waals surface area (Å²) >= 11 is 0. The predicted molar refractivity (Wildman–Crippen MR) is 70.0 cm³/mol. The van der Waals surface area contributed by atoms with Crippen molar-refractivity contribution >= 4 is 12.6 Å². The highest BCUT2D eigenvalue weighted by atomic mass is 16.5. The minimum absolute atomic E-state index is 0.508. The minimum Gasteiger partial charge on any atom is -0.423 e. The first-order chi connectivity index (χ1) is 8.13. The predicted octanol–water partition coefficient (Wildman–Crippen LogP) is 1.32. The molecular formula is C13H21BO3. The second-order valence-corrected chi connectivity index (χ2v) is 4.52. The van der Waals surface area contributed by atoms with Gasteiger partial charge in [-0.1, -0.05) is 44.5 Å². The van der Waals surface area contributed by atoms with Gasteiger partial charge in [0.2, 0.25) is 0 Å². The van der Waals surface area contributed by atoms with Gasteiger partial charge in [0.15, 0.2) is 0 Å². The van der Waals surface area contributed by atoms with Crippen molar-refractivity contribution in [2.24, 2.45) is 5.92 Å². The van der Waals surface area contributed by atoms with E-state index in [9.17, 15) is 0 Å². The van der Waals surface area contributed by atoms with Crippen LogP contribution in [0.25, 0.3) is 0 Å². The summed E-state index contributed by atoms with van der Waals surface area (Å²) in [6.45, 7) is 5.72. The quantitative estimate of drug-likeness (QED) is 0.702. The zero-order chi connectivity index (χ0) is 12.7. The van der Waals surface area contributed by atoms with E-state index in [1.165, 1.54) is 12.8 Å². The van der Waals surface area contributed by atoms with Crippen molar-refractivity contribution in [1.82, 2.24) is 0 Å². The van der Waals surface area contributed by atoms with E-state index in [0.717, 1.165) is 12.2 Å². The van der Waals surface area contributed by atoms with E-state index in [2.05, 4.69) is 13.8 Å². The van der Waals surface area contributed by atoms with Gasteiger partial charge < -0.3 is 14.8 Å². The molecule has 1 rings (SSSR count). The normalized spacial score (nSPS) is 12.5. The molecule has 0 saturated heterocycles. The number of benzene rings is 1. The molecule has 4 heteroatoms. The van der Waals surface area contributed by atoms with Gasteiger partial charge in [-0.15, -0.1) is 0 Å². The summed E-state index contributed by atoms with van der Waals surface area (Å²) in [6, 6.07) is 7.14. The molecule has 0 aromatic heterocycles. The van der Waals surface area contributed by atoms with Crippen LogP contribution >= 0.6 is 0 Å². The second-order valence-electron chi connectivity index (χ2n) is 4.52. The van der Waals surface area contributed by atoms with Gasteiger partial charge in [-0.3, -0.25) is 0 Å². The highest BCUT2D eigenvalue weighted by Crippen LogP contribution is 2.07. The number of hydrogen-bond acceptors (Lipinski definition) is 3. The molecule has 0 radical (unpaired) electrons. The van der Waals surface area contributed by atoms with Crippen molar-refractivity contribution in [3.63, 3.8) is 0 Å². The maximum absolute atomic E-state index is 8.95. The Bertz CT molecular complexity index is 311. The summed E-state index contributed by atoms with van der Waals surface area (Å²) in [6.07, 6.45) is 2.38. The highest BCUT2D eigenvalue weighted by Gasteiger charge is 2.09. The van der Waals surface area contributed by atoms with Gasteiger partial charge in [-0.05, 0) is 23.4 Å². The Balaban J connectivity index is 2.32. The molecule has 0 aliphatic heterocycles. The van der Waals surface area contributed by atoms with Crippen molar-refractivity contribution in [2.75, 3.05) is 6.61 Å². The largest absolute Gasteiger partial charge is 0.488 e. The van der Waals surface area contributed by atoms with Crippen LogP contribution in [0.3, 0.4) is 0 Å². The van der Waals surface area contributed by atoms with Crippen LogP contribution in [0.4, 0.5) is 0 Å². The van der Waals surface area contributed by atoms with E-state index < -0.39 is 7.12 Å². The zero-order valence-corrected chi connectivity index (χ0v) is 10.6. The van der Waals surface area contributed by atoms with Crippen LogP contribution in [0.5, 0.6) is 0 Å². The topological polar surface area (TPSA) is 49.7 Å². The molecule has 1 unspecified atom stereocenters. The molecule has 0 aliphatic rings. The maximum atomic E-state index is 8.95. The number of rotatable bonds is 7. The second kappa shape index (κ2) is 7.48. The van der Waals surface area contributed by atoms with E-state index in [-0.39, 0.29) is 0 Å². The number of ether oxygens (including phenoxy) is 1. The van der Waals surface area contributed by atoms with E-state index in [1.807, 2.05) is 12.1 Å². The van der Waals surface area contributed by atoms with Crippen LogP contribution < -0.4 is 5.46 Å². The van der Waals surface area contributed by atoms with Gasteiger partial charge in [0.05, 0.1) is 6.61 Å². The Kier molecular flexibility index (Phi) is 6.26. The first kappa shape index (κ1) is 14.2. The Labute approximate surface area is 104 Å². The Hall–Kier alpha value is -0.835. The van der Waals surface area contributed by atoms with Gasteiger partial charge >= 0.3 is 7.12 Å². The lowest BCUT2D eigenvalue weighted by atomic mass is 9.80. The average molecular weight is 236 g/mol. The first-order valence-electron chi connectivity index (χ1n) is 6.16. The number of hydrogen-bond donors (Lipinski definition) is 2. The molecule has 94 valence electrons. The van der Waals surface area contributed by atoms with E-state index in [1.54, 1.807) is 12.1 Å². The van der Waals surface area contributed by atoms with Gasteiger partial charge in [-0.25, -0.2) is 0 Å². The standard InChI is InChI=1S/C13H21BO3/c1-3-4-11(2)9-17-10-12-5-7-13(8-6-12)14(15)16/h5-8,11,15-16H,3-4,9-10H2,1-2H3. The van der Waals surface area contributed by atoms with Gasteiger partial charge in [0.25, 0.3) is 0 Å². The summed E-state index contributed by atoms with van der Waals surface area (Å²) in [4.78, 5) is 0. The lowest BCUT2D eigenvalue weighted by molar-refractivity contribution is 0.0893. The van der Waals surface area contributed by atoms with Crippen molar-refractivity contribution < 1.29 is 14.8 Å². The summed E-state index contributed by atoms with van der Waals surface area (Å²) in [5, 5.41) is 17.9. The van der Waals surface area contributed by atoms with E-state index >= 15 is 0 Å². The fourth-order valence-corrected chi connectivity index (χ4v) is 1.74. The van der Waals surface area contributed by atoms with Crippen LogP contribution in [-0.2, 0) is 11.3 Å². The molecule has 3 nitrogen and oxygen atoms in total. The molecule has 1 aromatic rings. The average Bonchev–Trinajstić information content (AvgIpc) is 2.30. The minimum atomic E-state index is -1.39. The lowest BCUT2D eigenvalue weighted by Crippen LogP contribution is -2.29. The fraction of sp³-hybridized carbons (Fsp3) is 0.538. The third-order valence-corrected chi connectivity index (χ3v) is 2.73. The molecule has 0 spiro atoms. The molecule has 0 amide bonds. The van der Waals surface area contributed by atoms with Crippen molar-refractivity contribution in [3.05, 3.63) is 29.8 Å². The third kappa shape index (κ3) is 5.35. The molecule has 1 atom stereocenters. The first-order valence-corrected chi connectivity index (χ1v) is 6.16. The maximum Gasteiger partial charge on any atom is 0.488 e.